The van der Waals surface area contributed by atoms with E-state index in [4.69, 9.17) is 10.8 Å². The molecule has 2 atom stereocenters. The van der Waals surface area contributed by atoms with Crippen molar-refractivity contribution in [3.05, 3.63) is 0 Å². The largest absolute Gasteiger partial charge is 0.480 e. The van der Waals surface area contributed by atoms with Crippen LogP contribution in [0.2, 0.25) is 0 Å². The van der Waals surface area contributed by atoms with Gasteiger partial charge in [-0.1, -0.05) is 0 Å². The normalized spacial score (nSPS) is 21.1. The summed E-state index contributed by atoms with van der Waals surface area (Å²) in [6, 6.07) is -1.45. The molecule has 2 amide bonds. The van der Waals surface area contributed by atoms with Gasteiger partial charge in [-0.2, -0.15) is 0 Å². The molecule has 0 saturated carbocycles. The molecule has 7 heteroatoms. The van der Waals surface area contributed by atoms with Crippen LogP contribution in [0.3, 0.4) is 0 Å². The Hall–Kier alpha value is -1.63. The van der Waals surface area contributed by atoms with Crippen molar-refractivity contribution >= 4 is 17.8 Å². The number of likely N-dealkylation sites (tertiary alicyclic amines) is 1. The minimum Gasteiger partial charge on any atom is -0.480 e. The van der Waals surface area contributed by atoms with Crippen LogP contribution in [0, 0.1) is 0 Å². The van der Waals surface area contributed by atoms with Gasteiger partial charge in [-0.15, -0.1) is 0 Å². The summed E-state index contributed by atoms with van der Waals surface area (Å²) in [5.74, 6) is -1.82. The third-order valence-corrected chi connectivity index (χ3v) is 2.69. The van der Waals surface area contributed by atoms with Crippen LogP contribution in [0.1, 0.15) is 19.8 Å². The number of nitrogens with one attached hydrogen (secondary N) is 1. The summed E-state index contributed by atoms with van der Waals surface area (Å²) in [4.78, 5) is 35.0. The van der Waals surface area contributed by atoms with Gasteiger partial charge < -0.3 is 21.1 Å². The summed E-state index contributed by atoms with van der Waals surface area (Å²) >= 11 is 0. The number of rotatable bonds is 4. The predicted octanol–water partition coefficient (Wildman–Crippen LogP) is -1.47. The highest BCUT2D eigenvalue weighted by molar-refractivity contribution is 5.89. The molecule has 0 spiro atoms. The molecule has 0 aromatic rings. The molecule has 7 nitrogen and oxygen atoms in total. The summed E-state index contributed by atoms with van der Waals surface area (Å²) in [5.41, 5.74) is 5.32. The van der Waals surface area contributed by atoms with Crippen LogP contribution in [-0.4, -0.2) is 53.0 Å². The van der Waals surface area contributed by atoms with E-state index in [2.05, 4.69) is 5.32 Å². The summed E-state index contributed by atoms with van der Waals surface area (Å²) in [6.45, 7) is 1.73. The monoisotopic (exact) mass is 243 g/mol. The Bertz CT molecular complexity index is 330. The van der Waals surface area contributed by atoms with Gasteiger partial charge in [0.1, 0.15) is 6.04 Å². The molecule has 1 rings (SSSR count). The van der Waals surface area contributed by atoms with Crippen molar-refractivity contribution in [2.75, 3.05) is 13.1 Å². The van der Waals surface area contributed by atoms with Crippen LogP contribution in [0.15, 0.2) is 0 Å². The Kier molecular flexibility index (Phi) is 4.45. The van der Waals surface area contributed by atoms with E-state index < -0.39 is 24.0 Å². The zero-order valence-electron chi connectivity index (χ0n) is 9.68. The number of aliphatic carboxylic acids is 1. The zero-order chi connectivity index (χ0) is 13.0. The van der Waals surface area contributed by atoms with Crippen molar-refractivity contribution in [1.82, 2.24) is 10.2 Å². The number of amides is 2. The predicted molar refractivity (Wildman–Crippen MR) is 59.0 cm³/mol. The van der Waals surface area contributed by atoms with Gasteiger partial charge in [0.15, 0.2) is 0 Å². The minimum atomic E-state index is -1.01. The van der Waals surface area contributed by atoms with Crippen molar-refractivity contribution in [1.29, 1.82) is 0 Å². The van der Waals surface area contributed by atoms with E-state index in [1.165, 1.54) is 11.8 Å². The van der Waals surface area contributed by atoms with Crippen molar-refractivity contribution < 1.29 is 19.5 Å². The standard InChI is InChI=1S/C10H17N3O4/c1-6(11)9(15)12-5-8(14)13-4-2-3-7(13)10(16)17/h6-7H,2-5,11H2,1H3,(H,12,15)(H,16,17)/t6?,7-/m0/s1. The first-order valence-corrected chi connectivity index (χ1v) is 5.49. The third kappa shape index (κ3) is 3.42. The van der Waals surface area contributed by atoms with Crippen LogP contribution in [0.25, 0.3) is 0 Å². The van der Waals surface area contributed by atoms with E-state index in [0.29, 0.717) is 19.4 Å². The van der Waals surface area contributed by atoms with Crippen LogP contribution in [-0.2, 0) is 14.4 Å². The van der Waals surface area contributed by atoms with Gasteiger partial charge >= 0.3 is 5.97 Å². The molecule has 1 aliphatic heterocycles. The quantitative estimate of drug-likeness (QED) is 0.557. The van der Waals surface area contributed by atoms with Gasteiger partial charge in [-0.3, -0.25) is 9.59 Å². The number of carboxylic acid groups (broad SMARTS) is 1. The fourth-order valence-electron chi connectivity index (χ4n) is 1.75. The first-order chi connectivity index (χ1) is 7.93. The molecule has 1 saturated heterocycles. The summed E-state index contributed by atoms with van der Waals surface area (Å²) in [6.07, 6.45) is 1.13. The number of carbonyl (C=O) groups excluding carboxylic acids is 2. The number of hydrogen-bond acceptors (Lipinski definition) is 4. The lowest BCUT2D eigenvalue weighted by atomic mass is 10.2. The van der Waals surface area contributed by atoms with Gasteiger partial charge in [0.2, 0.25) is 11.8 Å². The second-order valence-corrected chi connectivity index (χ2v) is 4.09. The van der Waals surface area contributed by atoms with Gasteiger partial charge in [-0.05, 0) is 19.8 Å². The molecule has 0 aliphatic carbocycles. The fourth-order valence-corrected chi connectivity index (χ4v) is 1.75. The number of nitrogens with two attached hydrogens (primary N) is 1. The summed E-state index contributed by atoms with van der Waals surface area (Å²) in [5, 5.41) is 11.3. The summed E-state index contributed by atoms with van der Waals surface area (Å²) < 4.78 is 0. The number of carboxylic acids is 1. The molecule has 0 bridgehead atoms. The van der Waals surface area contributed by atoms with Crippen LogP contribution in [0.5, 0.6) is 0 Å². The highest BCUT2D eigenvalue weighted by atomic mass is 16.4. The average Bonchev–Trinajstić information content (AvgIpc) is 2.73. The smallest absolute Gasteiger partial charge is 0.326 e. The molecule has 1 heterocycles. The van der Waals surface area contributed by atoms with Crippen molar-refractivity contribution in [3.63, 3.8) is 0 Å². The van der Waals surface area contributed by atoms with E-state index in [-0.39, 0.29) is 12.5 Å². The maximum atomic E-state index is 11.7. The molecule has 0 aromatic heterocycles. The van der Waals surface area contributed by atoms with Crippen LogP contribution < -0.4 is 11.1 Å². The van der Waals surface area contributed by atoms with Gasteiger partial charge in [0.05, 0.1) is 12.6 Å². The number of carbonyl (C=O) groups is 3. The second-order valence-electron chi connectivity index (χ2n) is 4.09. The highest BCUT2D eigenvalue weighted by Gasteiger charge is 2.33. The Morgan fingerprint density at radius 3 is 2.71 bits per heavy atom. The van der Waals surface area contributed by atoms with Gasteiger partial charge in [0.25, 0.3) is 0 Å². The first kappa shape index (κ1) is 13.4. The van der Waals surface area contributed by atoms with Gasteiger partial charge in [0, 0.05) is 6.54 Å². The van der Waals surface area contributed by atoms with Crippen molar-refractivity contribution in [2.24, 2.45) is 5.73 Å². The van der Waals surface area contributed by atoms with Crippen molar-refractivity contribution in [3.8, 4) is 0 Å². The zero-order valence-corrected chi connectivity index (χ0v) is 9.68. The van der Waals surface area contributed by atoms with Gasteiger partial charge in [-0.25, -0.2) is 4.79 Å². The van der Waals surface area contributed by atoms with Crippen LogP contribution in [0.4, 0.5) is 0 Å². The molecule has 96 valence electrons. The Labute approximate surface area is 98.9 Å². The lowest BCUT2D eigenvalue weighted by molar-refractivity contribution is -0.148. The van der Waals surface area contributed by atoms with E-state index in [0.717, 1.165) is 0 Å². The van der Waals surface area contributed by atoms with E-state index >= 15 is 0 Å². The SMILES string of the molecule is CC(N)C(=O)NCC(=O)N1CCC[C@H]1C(=O)O. The van der Waals surface area contributed by atoms with Crippen LogP contribution >= 0.6 is 0 Å². The van der Waals surface area contributed by atoms with E-state index in [1.807, 2.05) is 0 Å². The Morgan fingerprint density at radius 2 is 2.18 bits per heavy atom. The van der Waals surface area contributed by atoms with Crippen molar-refractivity contribution in [2.45, 2.75) is 31.8 Å². The highest BCUT2D eigenvalue weighted by Crippen LogP contribution is 2.17. The minimum absolute atomic E-state index is 0.204. The van der Waals surface area contributed by atoms with E-state index in [1.54, 1.807) is 0 Å². The topological polar surface area (TPSA) is 113 Å². The molecule has 1 aliphatic rings. The first-order valence-electron chi connectivity index (χ1n) is 5.49. The molecule has 17 heavy (non-hydrogen) atoms. The van der Waals surface area contributed by atoms with E-state index in [9.17, 15) is 14.4 Å². The fraction of sp³-hybridized carbons (Fsp3) is 0.700. The number of hydrogen-bond donors (Lipinski definition) is 3. The second kappa shape index (κ2) is 5.62. The Morgan fingerprint density at radius 1 is 1.53 bits per heavy atom. The molecule has 0 aromatic carbocycles. The summed E-state index contributed by atoms with van der Waals surface area (Å²) in [7, 11) is 0. The molecular weight excluding hydrogens is 226 g/mol. The molecule has 0 radical (unpaired) electrons. The third-order valence-electron chi connectivity index (χ3n) is 2.69. The maximum absolute atomic E-state index is 11.7. The Balaban J connectivity index is 2.47. The number of nitrogens with zero attached hydrogens (tertiary/aromatic N) is 1. The molecule has 1 unspecified atom stereocenters. The molecule has 1 fully saturated rings. The average molecular weight is 243 g/mol. The molecular formula is C10H17N3O4. The maximum Gasteiger partial charge on any atom is 0.326 e. The lowest BCUT2D eigenvalue weighted by Gasteiger charge is -2.21. The lowest BCUT2D eigenvalue weighted by Crippen LogP contribution is -2.47. The molecule has 4 N–H and O–H groups in total.